The third-order valence-electron chi connectivity index (χ3n) is 6.30. The Morgan fingerprint density at radius 2 is 1.53 bits per heavy atom. The fourth-order valence-electron chi connectivity index (χ4n) is 4.19. The number of carbonyl (C=O) groups is 2. The van der Waals surface area contributed by atoms with Crippen LogP contribution in [0.3, 0.4) is 0 Å². The minimum atomic E-state index is -4.87. The summed E-state index contributed by atoms with van der Waals surface area (Å²) < 4.78 is 79.8. The van der Waals surface area contributed by atoms with Crippen LogP contribution in [-0.2, 0) is 16.6 Å². The Labute approximate surface area is 196 Å². The number of hydrogen-bond donors (Lipinski definition) is 1. The van der Waals surface area contributed by atoms with Crippen LogP contribution in [0.4, 0.5) is 26.3 Å². The third kappa shape index (κ3) is 7.31. The van der Waals surface area contributed by atoms with Gasteiger partial charge in [0.25, 0.3) is 11.6 Å². The summed E-state index contributed by atoms with van der Waals surface area (Å²) in [5.41, 5.74) is -6.31. The van der Waals surface area contributed by atoms with Crippen LogP contribution in [0, 0.1) is 5.92 Å². The van der Waals surface area contributed by atoms with Gasteiger partial charge in [0.05, 0.1) is 12.1 Å². The smallest absolute Gasteiger partial charge is 0.352 e. The summed E-state index contributed by atoms with van der Waals surface area (Å²) in [5.74, 6) is -0.841. The maximum absolute atomic E-state index is 13.6. The number of nitrogens with one attached hydrogen (secondary N) is 1. The van der Waals surface area contributed by atoms with Crippen LogP contribution in [0.15, 0.2) is 18.2 Å². The van der Waals surface area contributed by atoms with E-state index in [1.165, 1.54) is 9.24 Å². The average Bonchev–Trinajstić information content (AvgIpc) is 2.77. The van der Waals surface area contributed by atoms with E-state index in [9.17, 15) is 35.9 Å². The Morgan fingerprint density at radius 1 is 0.941 bits per heavy atom. The van der Waals surface area contributed by atoms with Gasteiger partial charge in [-0.2, -0.15) is 22.0 Å². The quantitative estimate of drug-likeness (QED) is 0.464. The lowest BCUT2D eigenvalue weighted by Crippen LogP contribution is -2.47. The Kier molecular flexibility index (Phi) is 8.50. The van der Waals surface area contributed by atoms with Gasteiger partial charge in [-0.05, 0) is 62.9 Å². The molecule has 12 heteroatoms. The Morgan fingerprint density at radius 3 is 2.09 bits per heavy atom. The van der Waals surface area contributed by atoms with E-state index in [0.29, 0.717) is 64.0 Å². The molecule has 0 spiro atoms. The molecule has 1 aromatic carbocycles. The fourth-order valence-corrected chi connectivity index (χ4v) is 4.36. The number of piperidine rings is 2. The van der Waals surface area contributed by atoms with Crippen LogP contribution in [0.2, 0.25) is 0 Å². The van der Waals surface area contributed by atoms with Crippen molar-refractivity contribution in [3.8, 4) is 0 Å². The van der Waals surface area contributed by atoms with Crippen LogP contribution in [0.25, 0.3) is 0 Å². The molecule has 0 saturated carbocycles. The highest BCUT2D eigenvalue weighted by atomic mass is 31.0. The first kappa shape index (κ1) is 26.7. The monoisotopic (exact) mass is 511 g/mol. The molecule has 1 atom stereocenters. The highest BCUT2D eigenvalue weighted by molar-refractivity contribution is 7.17. The average molecular weight is 511 g/mol. The molecule has 1 aromatic rings. The van der Waals surface area contributed by atoms with Gasteiger partial charge in [0.15, 0.2) is 0 Å². The number of rotatable bonds is 6. The Balaban J connectivity index is 1.50. The molecule has 190 valence electrons. The minimum absolute atomic E-state index is 0.0371. The van der Waals surface area contributed by atoms with Gasteiger partial charge in [0.1, 0.15) is 6.17 Å². The number of hydrogen-bond acceptors (Lipinski definition) is 3. The molecule has 1 N–H and O–H groups in total. The predicted octanol–water partition coefficient (Wildman–Crippen LogP) is 4.03. The number of nitrogens with zero attached hydrogens (tertiary/aromatic N) is 2. The van der Waals surface area contributed by atoms with Crippen LogP contribution < -0.4 is 5.32 Å². The Bertz CT molecular complexity index is 844. The van der Waals surface area contributed by atoms with Crippen molar-refractivity contribution < 1.29 is 35.9 Å². The van der Waals surface area contributed by atoms with Gasteiger partial charge in [0.2, 0.25) is 5.91 Å². The topological polar surface area (TPSA) is 52.7 Å². The molecule has 0 aliphatic carbocycles. The minimum Gasteiger partial charge on any atom is -0.352 e. The van der Waals surface area contributed by atoms with Gasteiger partial charge in [0, 0.05) is 30.8 Å². The SMILES string of the molecule is O=C(NCC1CCN(CC(=O)N2CCC(F)CC2)CC1)c1cc(C(F)(F)F)cc(C(F)(F)P)c1. The van der Waals surface area contributed by atoms with Crippen molar-refractivity contribution in [3.63, 3.8) is 0 Å². The molecule has 2 aliphatic rings. The van der Waals surface area contributed by atoms with Crippen LogP contribution in [0.5, 0.6) is 0 Å². The van der Waals surface area contributed by atoms with Gasteiger partial charge < -0.3 is 10.2 Å². The Hall–Kier alpha value is -1.87. The summed E-state index contributed by atoms with van der Waals surface area (Å²) in [7, 11) is 1.17. The molecule has 2 aliphatic heterocycles. The predicted molar refractivity (Wildman–Crippen MR) is 117 cm³/mol. The van der Waals surface area contributed by atoms with Gasteiger partial charge in [-0.1, -0.05) is 9.24 Å². The number of alkyl halides is 6. The third-order valence-corrected chi connectivity index (χ3v) is 6.64. The highest BCUT2D eigenvalue weighted by Crippen LogP contribution is 2.39. The van der Waals surface area contributed by atoms with Gasteiger partial charge in [-0.15, -0.1) is 0 Å². The van der Waals surface area contributed by atoms with Crippen LogP contribution in [-0.4, -0.2) is 67.1 Å². The summed E-state index contributed by atoms with van der Waals surface area (Å²) in [6, 6.07) is 1.66. The molecule has 2 fully saturated rings. The second-order valence-electron chi connectivity index (χ2n) is 8.90. The zero-order valence-electron chi connectivity index (χ0n) is 18.5. The van der Waals surface area contributed by atoms with E-state index in [1.54, 1.807) is 4.90 Å². The highest BCUT2D eigenvalue weighted by Gasteiger charge is 2.35. The zero-order valence-corrected chi connectivity index (χ0v) is 19.7. The molecule has 2 heterocycles. The number of carbonyl (C=O) groups excluding carboxylic acids is 2. The summed E-state index contributed by atoms with van der Waals surface area (Å²) in [6.07, 6.45) is -3.68. The number of benzene rings is 1. The standard InChI is InChI=1S/C22H28F6N3O2P/c23-18-3-7-31(8-4-18)19(32)13-30-5-1-14(2-6-30)12-29-20(33)15-9-16(21(24,25)26)11-17(10-15)22(27,28)34/h9-11,14,18H,1-8,12-13,34H2,(H,29,33). The number of halogens is 6. The fraction of sp³-hybridized carbons (Fsp3) is 0.636. The van der Waals surface area contributed by atoms with E-state index in [0.717, 1.165) is 6.07 Å². The maximum atomic E-state index is 13.6. The number of amides is 2. The van der Waals surface area contributed by atoms with Crippen molar-refractivity contribution >= 4 is 21.1 Å². The second kappa shape index (κ2) is 10.8. The van der Waals surface area contributed by atoms with E-state index >= 15 is 0 Å². The molecule has 2 saturated heterocycles. The van der Waals surface area contributed by atoms with Crippen molar-refractivity contribution in [1.29, 1.82) is 0 Å². The number of likely N-dealkylation sites (tertiary alicyclic amines) is 2. The lowest BCUT2D eigenvalue weighted by molar-refractivity contribution is -0.137. The van der Waals surface area contributed by atoms with Crippen molar-refractivity contribution in [1.82, 2.24) is 15.1 Å². The summed E-state index contributed by atoms with van der Waals surface area (Å²) in [6.45, 7) is 2.49. The van der Waals surface area contributed by atoms with Crippen molar-refractivity contribution in [2.75, 3.05) is 39.3 Å². The van der Waals surface area contributed by atoms with Gasteiger partial charge >= 0.3 is 6.18 Å². The van der Waals surface area contributed by atoms with Crippen LogP contribution >= 0.6 is 9.24 Å². The van der Waals surface area contributed by atoms with Crippen LogP contribution in [0.1, 0.15) is 47.2 Å². The largest absolute Gasteiger partial charge is 0.416 e. The summed E-state index contributed by atoms with van der Waals surface area (Å²) in [4.78, 5) is 28.5. The van der Waals surface area contributed by atoms with E-state index < -0.39 is 40.6 Å². The molecule has 34 heavy (non-hydrogen) atoms. The molecular weight excluding hydrogens is 483 g/mol. The first-order valence-corrected chi connectivity index (χ1v) is 11.7. The lowest BCUT2D eigenvalue weighted by Gasteiger charge is -2.34. The van der Waals surface area contributed by atoms with Crippen molar-refractivity contribution in [2.45, 2.75) is 43.7 Å². The molecule has 0 aromatic heterocycles. The van der Waals surface area contributed by atoms with E-state index in [1.807, 2.05) is 4.90 Å². The van der Waals surface area contributed by atoms with E-state index in [-0.39, 0.29) is 24.9 Å². The van der Waals surface area contributed by atoms with Crippen molar-refractivity contribution in [2.24, 2.45) is 5.92 Å². The molecule has 1 unspecified atom stereocenters. The van der Waals surface area contributed by atoms with E-state index in [4.69, 9.17) is 0 Å². The molecule has 0 radical (unpaired) electrons. The molecule has 2 amide bonds. The maximum Gasteiger partial charge on any atom is 0.416 e. The lowest BCUT2D eigenvalue weighted by atomic mass is 9.96. The molecular formula is C22H28F6N3O2P. The first-order valence-electron chi connectivity index (χ1n) is 11.1. The van der Waals surface area contributed by atoms with Gasteiger partial charge in [-0.25, -0.2) is 4.39 Å². The second-order valence-corrected chi connectivity index (χ2v) is 9.63. The molecule has 5 nitrogen and oxygen atoms in total. The van der Waals surface area contributed by atoms with Gasteiger partial charge in [-0.3, -0.25) is 14.5 Å². The van der Waals surface area contributed by atoms with E-state index in [2.05, 4.69) is 5.32 Å². The normalized spacial score (nSPS) is 19.3. The molecule has 3 rings (SSSR count). The summed E-state index contributed by atoms with van der Waals surface area (Å²) >= 11 is 0. The van der Waals surface area contributed by atoms with Crippen molar-refractivity contribution in [3.05, 3.63) is 34.9 Å². The first-order chi connectivity index (χ1) is 15.8. The molecule has 0 bridgehead atoms. The zero-order chi connectivity index (χ0) is 25.1. The summed E-state index contributed by atoms with van der Waals surface area (Å²) in [5, 5.41) is 2.55.